The Kier molecular flexibility index (Phi) is 4.59. The first-order valence-corrected chi connectivity index (χ1v) is 7.13. The van der Waals surface area contributed by atoms with Crippen LogP contribution in [0.5, 0.6) is 0 Å². The molecule has 0 bridgehead atoms. The van der Waals surface area contributed by atoms with Gasteiger partial charge in [0.15, 0.2) is 0 Å². The first-order chi connectivity index (χ1) is 9.36. The number of nitrogens with two attached hydrogens (primary N) is 1. The van der Waals surface area contributed by atoms with Crippen molar-refractivity contribution in [2.75, 3.05) is 20.3 Å². The topological polar surface area (TPSA) is 55.6 Å². The number of amides is 1. The number of ether oxygens (including phenoxy) is 1. The molecule has 0 spiro atoms. The number of hydrogen-bond acceptors (Lipinski definition) is 3. The summed E-state index contributed by atoms with van der Waals surface area (Å²) in [5, 5.41) is 0.961. The third-order valence-corrected chi connectivity index (χ3v) is 4.65. The predicted molar refractivity (Wildman–Crippen MR) is 79.8 cm³/mol. The second kappa shape index (κ2) is 5.90. The molecule has 1 aromatic carbocycles. The second-order valence-electron chi connectivity index (χ2n) is 5.41. The van der Waals surface area contributed by atoms with Gasteiger partial charge in [-0.2, -0.15) is 0 Å². The van der Waals surface area contributed by atoms with Crippen LogP contribution in [0, 0.1) is 5.41 Å². The fourth-order valence-corrected chi connectivity index (χ4v) is 2.72. The fraction of sp³-hybridized carbons (Fsp3) is 0.500. The average Bonchev–Trinajstić information content (AvgIpc) is 2.75. The Morgan fingerprint density at radius 2 is 2.25 bits per heavy atom. The summed E-state index contributed by atoms with van der Waals surface area (Å²) in [5.74, 6) is -0.0430. The van der Waals surface area contributed by atoms with Gasteiger partial charge in [-0.15, -0.1) is 0 Å². The third-order valence-electron chi connectivity index (χ3n) is 3.79. The maximum absolute atomic E-state index is 12.6. The zero-order valence-electron chi connectivity index (χ0n) is 11.5. The highest BCUT2D eigenvalue weighted by molar-refractivity contribution is 6.42. The van der Waals surface area contributed by atoms with E-state index in [0.717, 1.165) is 5.56 Å². The van der Waals surface area contributed by atoms with Crippen molar-refractivity contribution in [2.24, 2.45) is 11.1 Å². The summed E-state index contributed by atoms with van der Waals surface area (Å²) < 4.78 is 5.32. The Hall–Kier alpha value is -0.810. The molecule has 1 amide bonds. The molecule has 2 atom stereocenters. The van der Waals surface area contributed by atoms with Gasteiger partial charge in [0, 0.05) is 19.6 Å². The summed E-state index contributed by atoms with van der Waals surface area (Å²) in [4.78, 5) is 14.2. The highest BCUT2D eigenvalue weighted by atomic mass is 35.5. The van der Waals surface area contributed by atoms with E-state index in [1.54, 1.807) is 18.0 Å². The van der Waals surface area contributed by atoms with Crippen molar-refractivity contribution in [3.05, 3.63) is 33.8 Å². The number of carbonyl (C=O) groups is 1. The number of nitrogens with zero attached hydrogens (tertiary/aromatic N) is 1. The molecule has 2 unspecified atom stereocenters. The zero-order chi connectivity index (χ0) is 14.9. The van der Waals surface area contributed by atoms with Crippen LogP contribution in [0.25, 0.3) is 0 Å². The van der Waals surface area contributed by atoms with E-state index in [0.29, 0.717) is 29.8 Å². The monoisotopic (exact) mass is 316 g/mol. The maximum atomic E-state index is 12.6. The molecule has 1 fully saturated rings. The molecular weight excluding hydrogens is 299 g/mol. The Labute approximate surface area is 128 Å². The molecule has 0 aromatic heterocycles. The van der Waals surface area contributed by atoms with E-state index in [2.05, 4.69) is 0 Å². The van der Waals surface area contributed by atoms with Gasteiger partial charge in [-0.3, -0.25) is 4.79 Å². The lowest BCUT2D eigenvalue weighted by atomic mass is 9.84. The molecule has 1 aromatic rings. The van der Waals surface area contributed by atoms with E-state index in [1.807, 2.05) is 19.1 Å². The van der Waals surface area contributed by atoms with Crippen LogP contribution < -0.4 is 5.73 Å². The zero-order valence-corrected chi connectivity index (χ0v) is 13.0. The SMILES string of the molecule is CN(Cc1cccc(Cl)c1Cl)C(=O)C1(C)COCC1N. The van der Waals surface area contributed by atoms with Gasteiger partial charge in [0.25, 0.3) is 0 Å². The van der Waals surface area contributed by atoms with Crippen LogP contribution in [-0.4, -0.2) is 37.1 Å². The molecule has 6 heteroatoms. The highest BCUT2D eigenvalue weighted by Crippen LogP contribution is 2.31. The normalized spacial score (nSPS) is 25.8. The van der Waals surface area contributed by atoms with Crippen LogP contribution in [0.15, 0.2) is 18.2 Å². The molecule has 1 aliphatic rings. The summed E-state index contributed by atoms with van der Waals surface area (Å²) in [6.07, 6.45) is 0. The summed E-state index contributed by atoms with van der Waals surface area (Å²) in [7, 11) is 1.73. The van der Waals surface area contributed by atoms with Crippen molar-refractivity contribution in [1.29, 1.82) is 0 Å². The van der Waals surface area contributed by atoms with Crippen LogP contribution in [0.4, 0.5) is 0 Å². The van der Waals surface area contributed by atoms with Gasteiger partial charge in [-0.25, -0.2) is 0 Å². The highest BCUT2D eigenvalue weighted by Gasteiger charge is 2.45. The lowest BCUT2D eigenvalue weighted by molar-refractivity contribution is -0.140. The van der Waals surface area contributed by atoms with E-state index < -0.39 is 5.41 Å². The lowest BCUT2D eigenvalue weighted by Gasteiger charge is -2.31. The molecule has 2 rings (SSSR count). The quantitative estimate of drug-likeness (QED) is 0.931. The van der Waals surface area contributed by atoms with E-state index in [1.165, 1.54) is 0 Å². The van der Waals surface area contributed by atoms with Crippen molar-refractivity contribution in [1.82, 2.24) is 4.90 Å². The van der Waals surface area contributed by atoms with Gasteiger partial charge < -0.3 is 15.4 Å². The molecule has 1 aliphatic heterocycles. The number of hydrogen-bond donors (Lipinski definition) is 1. The molecule has 4 nitrogen and oxygen atoms in total. The summed E-state index contributed by atoms with van der Waals surface area (Å²) in [6.45, 7) is 2.98. The standard InChI is InChI=1S/C14H18Cl2N2O2/c1-14(8-20-7-11(14)17)13(19)18(2)6-9-4-3-5-10(15)12(9)16/h3-5,11H,6-8,17H2,1-2H3. The summed E-state index contributed by atoms with van der Waals surface area (Å²) >= 11 is 12.1. The minimum atomic E-state index is -0.681. The fourth-order valence-electron chi connectivity index (χ4n) is 2.34. The first-order valence-electron chi connectivity index (χ1n) is 6.38. The van der Waals surface area contributed by atoms with Gasteiger partial charge in [0.05, 0.1) is 28.7 Å². The van der Waals surface area contributed by atoms with Crippen LogP contribution in [0.1, 0.15) is 12.5 Å². The van der Waals surface area contributed by atoms with E-state index in [-0.39, 0.29) is 11.9 Å². The van der Waals surface area contributed by atoms with Crippen LogP contribution in [-0.2, 0) is 16.1 Å². The smallest absolute Gasteiger partial charge is 0.232 e. The molecule has 20 heavy (non-hydrogen) atoms. The minimum Gasteiger partial charge on any atom is -0.379 e. The average molecular weight is 317 g/mol. The first kappa shape index (κ1) is 15.6. The van der Waals surface area contributed by atoms with Gasteiger partial charge in [-0.1, -0.05) is 35.3 Å². The molecule has 1 saturated heterocycles. The largest absolute Gasteiger partial charge is 0.379 e. The Balaban J connectivity index is 2.14. The van der Waals surface area contributed by atoms with E-state index in [9.17, 15) is 4.79 Å². The summed E-state index contributed by atoms with van der Waals surface area (Å²) in [5.41, 5.74) is 6.11. The van der Waals surface area contributed by atoms with E-state index >= 15 is 0 Å². The van der Waals surface area contributed by atoms with Crippen LogP contribution >= 0.6 is 23.2 Å². The van der Waals surface area contributed by atoms with Gasteiger partial charge in [0.2, 0.25) is 5.91 Å². The van der Waals surface area contributed by atoms with E-state index in [4.69, 9.17) is 33.7 Å². The van der Waals surface area contributed by atoms with Crippen molar-refractivity contribution in [3.8, 4) is 0 Å². The molecule has 0 radical (unpaired) electrons. The second-order valence-corrected chi connectivity index (χ2v) is 6.20. The van der Waals surface area contributed by atoms with Crippen molar-refractivity contribution >= 4 is 29.1 Å². The number of rotatable bonds is 3. The molecule has 2 N–H and O–H groups in total. The Bertz CT molecular complexity index is 524. The van der Waals surface area contributed by atoms with Crippen LogP contribution in [0.3, 0.4) is 0 Å². The molecule has 1 heterocycles. The van der Waals surface area contributed by atoms with Gasteiger partial charge in [0.1, 0.15) is 0 Å². The Morgan fingerprint density at radius 1 is 1.55 bits per heavy atom. The number of benzene rings is 1. The third kappa shape index (κ3) is 2.79. The van der Waals surface area contributed by atoms with Gasteiger partial charge in [-0.05, 0) is 18.6 Å². The minimum absolute atomic E-state index is 0.0430. The Morgan fingerprint density at radius 3 is 2.85 bits per heavy atom. The molecule has 0 saturated carbocycles. The molecule has 110 valence electrons. The van der Waals surface area contributed by atoms with Crippen molar-refractivity contribution in [2.45, 2.75) is 19.5 Å². The summed E-state index contributed by atoms with van der Waals surface area (Å²) in [6, 6.07) is 5.10. The molecule has 0 aliphatic carbocycles. The molecular formula is C14H18Cl2N2O2. The van der Waals surface area contributed by atoms with Gasteiger partial charge >= 0.3 is 0 Å². The van der Waals surface area contributed by atoms with Crippen molar-refractivity contribution < 1.29 is 9.53 Å². The number of halogens is 2. The predicted octanol–water partition coefficient (Wildman–Crippen LogP) is 2.32. The maximum Gasteiger partial charge on any atom is 0.232 e. The number of carbonyl (C=O) groups excluding carboxylic acids is 1. The van der Waals surface area contributed by atoms with Crippen LogP contribution in [0.2, 0.25) is 10.0 Å². The van der Waals surface area contributed by atoms with Crippen molar-refractivity contribution in [3.63, 3.8) is 0 Å². The lowest BCUT2D eigenvalue weighted by Crippen LogP contribution is -2.50.